The van der Waals surface area contributed by atoms with Gasteiger partial charge in [0, 0.05) is 11.6 Å². The van der Waals surface area contributed by atoms with E-state index in [0.717, 1.165) is 6.07 Å². The molecule has 0 radical (unpaired) electrons. The zero-order valence-electron chi connectivity index (χ0n) is 8.54. The summed E-state index contributed by atoms with van der Waals surface area (Å²) in [6, 6.07) is 1.29. The molecule has 0 saturated carbocycles. The molecule has 88 valence electrons. The predicted molar refractivity (Wildman–Crippen MR) is 56.6 cm³/mol. The van der Waals surface area contributed by atoms with Crippen molar-refractivity contribution in [3.8, 4) is 5.75 Å². The largest absolute Gasteiger partial charge is 0.506 e. The summed E-state index contributed by atoms with van der Waals surface area (Å²) in [5.41, 5.74) is 5.40. The SMILES string of the molecule is COC(=O)C[C@@H](N)c1c(F)ccc(Cl)c1O. The van der Waals surface area contributed by atoms with E-state index in [1.54, 1.807) is 0 Å². The number of aromatic hydroxyl groups is 1. The fraction of sp³-hybridized carbons (Fsp3) is 0.300. The Kier molecular flexibility index (Phi) is 4.09. The van der Waals surface area contributed by atoms with Gasteiger partial charge in [-0.05, 0) is 12.1 Å². The van der Waals surface area contributed by atoms with Crippen LogP contribution in [0.5, 0.6) is 5.75 Å². The zero-order chi connectivity index (χ0) is 12.3. The quantitative estimate of drug-likeness (QED) is 0.798. The van der Waals surface area contributed by atoms with Gasteiger partial charge in [-0.2, -0.15) is 0 Å². The summed E-state index contributed by atoms with van der Waals surface area (Å²) in [4.78, 5) is 11.0. The van der Waals surface area contributed by atoms with Crippen LogP contribution in [0, 0.1) is 5.82 Å². The number of ether oxygens (including phenoxy) is 1. The van der Waals surface area contributed by atoms with Gasteiger partial charge >= 0.3 is 5.97 Å². The van der Waals surface area contributed by atoms with Gasteiger partial charge in [0.25, 0.3) is 0 Å². The molecule has 0 spiro atoms. The molecule has 0 bridgehead atoms. The van der Waals surface area contributed by atoms with Crippen molar-refractivity contribution in [2.24, 2.45) is 5.73 Å². The van der Waals surface area contributed by atoms with E-state index < -0.39 is 23.6 Å². The van der Waals surface area contributed by atoms with Crippen LogP contribution in [0.3, 0.4) is 0 Å². The molecule has 1 aromatic carbocycles. The van der Waals surface area contributed by atoms with E-state index in [2.05, 4.69) is 4.74 Å². The molecule has 6 heteroatoms. The third-order valence-corrected chi connectivity index (χ3v) is 2.40. The van der Waals surface area contributed by atoms with E-state index in [0.29, 0.717) is 0 Å². The van der Waals surface area contributed by atoms with Crippen LogP contribution in [0.25, 0.3) is 0 Å². The van der Waals surface area contributed by atoms with Crippen LogP contribution in [0.15, 0.2) is 12.1 Å². The molecule has 16 heavy (non-hydrogen) atoms. The lowest BCUT2D eigenvalue weighted by Gasteiger charge is -2.14. The number of nitrogens with two attached hydrogens (primary N) is 1. The van der Waals surface area contributed by atoms with Crippen molar-refractivity contribution < 1.29 is 19.0 Å². The number of benzene rings is 1. The van der Waals surface area contributed by atoms with Gasteiger partial charge in [-0.1, -0.05) is 11.6 Å². The van der Waals surface area contributed by atoms with Gasteiger partial charge in [-0.3, -0.25) is 4.79 Å². The van der Waals surface area contributed by atoms with E-state index in [9.17, 15) is 14.3 Å². The smallest absolute Gasteiger partial charge is 0.307 e. The predicted octanol–water partition coefficient (Wildman–Crippen LogP) is 1.75. The van der Waals surface area contributed by atoms with E-state index >= 15 is 0 Å². The van der Waals surface area contributed by atoms with Crippen LogP contribution in [-0.4, -0.2) is 18.2 Å². The van der Waals surface area contributed by atoms with Crippen molar-refractivity contribution in [1.82, 2.24) is 0 Å². The maximum absolute atomic E-state index is 13.4. The zero-order valence-corrected chi connectivity index (χ0v) is 9.29. The molecule has 0 saturated heterocycles. The summed E-state index contributed by atoms with van der Waals surface area (Å²) in [5, 5.41) is 9.51. The average Bonchev–Trinajstić information content (AvgIpc) is 2.24. The Morgan fingerprint density at radius 1 is 1.69 bits per heavy atom. The molecule has 0 amide bonds. The van der Waals surface area contributed by atoms with Gasteiger partial charge in [0.2, 0.25) is 0 Å². The summed E-state index contributed by atoms with van der Waals surface area (Å²) in [6.07, 6.45) is -0.235. The Hall–Kier alpha value is -1.33. The van der Waals surface area contributed by atoms with Crippen molar-refractivity contribution in [1.29, 1.82) is 0 Å². The lowest BCUT2D eigenvalue weighted by atomic mass is 10.0. The molecule has 0 aliphatic carbocycles. The second-order valence-electron chi connectivity index (χ2n) is 3.18. The molecular formula is C10H11ClFNO3. The minimum atomic E-state index is -0.994. The summed E-state index contributed by atoms with van der Waals surface area (Å²) in [5.74, 6) is -1.75. The second-order valence-corrected chi connectivity index (χ2v) is 3.59. The van der Waals surface area contributed by atoms with Crippen molar-refractivity contribution in [2.75, 3.05) is 7.11 Å². The third kappa shape index (κ3) is 2.62. The molecule has 0 fully saturated rings. The highest BCUT2D eigenvalue weighted by molar-refractivity contribution is 6.32. The molecule has 4 nitrogen and oxygen atoms in total. The Morgan fingerprint density at radius 3 is 2.88 bits per heavy atom. The van der Waals surface area contributed by atoms with Gasteiger partial charge in [-0.25, -0.2) is 4.39 Å². The van der Waals surface area contributed by atoms with Crippen LogP contribution in [0.4, 0.5) is 4.39 Å². The molecule has 0 aliphatic heterocycles. The van der Waals surface area contributed by atoms with Gasteiger partial charge < -0.3 is 15.6 Å². The topological polar surface area (TPSA) is 72.5 Å². The fourth-order valence-electron chi connectivity index (χ4n) is 1.27. The molecule has 3 N–H and O–H groups in total. The Labute approximate surface area is 96.8 Å². The molecule has 0 unspecified atom stereocenters. The van der Waals surface area contributed by atoms with Crippen LogP contribution >= 0.6 is 11.6 Å². The van der Waals surface area contributed by atoms with Gasteiger partial charge in [-0.15, -0.1) is 0 Å². The number of esters is 1. The van der Waals surface area contributed by atoms with Crippen LogP contribution in [-0.2, 0) is 9.53 Å². The van der Waals surface area contributed by atoms with E-state index in [1.807, 2.05) is 0 Å². The minimum Gasteiger partial charge on any atom is -0.506 e. The van der Waals surface area contributed by atoms with Gasteiger partial charge in [0.1, 0.15) is 11.6 Å². The highest BCUT2D eigenvalue weighted by Gasteiger charge is 2.21. The number of carbonyl (C=O) groups is 1. The van der Waals surface area contributed by atoms with Crippen molar-refractivity contribution in [3.63, 3.8) is 0 Å². The van der Waals surface area contributed by atoms with Crippen LogP contribution in [0.2, 0.25) is 5.02 Å². The third-order valence-electron chi connectivity index (χ3n) is 2.10. The summed E-state index contributed by atoms with van der Waals surface area (Å²) < 4.78 is 17.8. The summed E-state index contributed by atoms with van der Waals surface area (Å²) in [7, 11) is 1.20. The first kappa shape index (κ1) is 12.7. The number of phenolic OH excluding ortho intramolecular Hbond substituents is 1. The van der Waals surface area contributed by atoms with Crippen molar-refractivity contribution in [3.05, 3.63) is 28.5 Å². The van der Waals surface area contributed by atoms with Crippen molar-refractivity contribution >= 4 is 17.6 Å². The lowest BCUT2D eigenvalue weighted by molar-refractivity contribution is -0.141. The normalized spacial score (nSPS) is 12.2. The second kappa shape index (κ2) is 5.14. The van der Waals surface area contributed by atoms with E-state index in [1.165, 1.54) is 13.2 Å². The number of methoxy groups -OCH3 is 1. The molecule has 1 aromatic rings. The van der Waals surface area contributed by atoms with Crippen LogP contribution in [0.1, 0.15) is 18.0 Å². The summed E-state index contributed by atoms with van der Waals surface area (Å²) >= 11 is 5.61. The molecule has 0 aromatic heterocycles. The highest BCUT2D eigenvalue weighted by atomic mass is 35.5. The van der Waals surface area contributed by atoms with E-state index in [-0.39, 0.29) is 17.0 Å². The minimum absolute atomic E-state index is 0.0169. The Bertz CT molecular complexity index is 411. The fourth-order valence-corrected chi connectivity index (χ4v) is 1.44. The highest BCUT2D eigenvalue weighted by Crippen LogP contribution is 2.34. The number of phenols is 1. The van der Waals surface area contributed by atoms with Gasteiger partial charge in [0.05, 0.1) is 18.6 Å². The maximum Gasteiger partial charge on any atom is 0.307 e. The van der Waals surface area contributed by atoms with E-state index in [4.69, 9.17) is 17.3 Å². The molecule has 0 aliphatic rings. The lowest BCUT2D eigenvalue weighted by Crippen LogP contribution is -2.17. The Balaban J connectivity index is 3.03. The average molecular weight is 248 g/mol. The maximum atomic E-state index is 13.4. The van der Waals surface area contributed by atoms with Crippen molar-refractivity contribution in [2.45, 2.75) is 12.5 Å². The first-order valence-electron chi connectivity index (χ1n) is 4.46. The number of hydrogen-bond donors (Lipinski definition) is 2. The molecule has 1 atom stereocenters. The molecule has 0 heterocycles. The number of rotatable bonds is 3. The summed E-state index contributed by atoms with van der Waals surface area (Å²) in [6.45, 7) is 0. The number of halogens is 2. The number of hydrogen-bond acceptors (Lipinski definition) is 4. The molecular weight excluding hydrogens is 237 g/mol. The first-order valence-corrected chi connectivity index (χ1v) is 4.84. The monoisotopic (exact) mass is 247 g/mol. The standard InChI is InChI=1S/C10H11ClFNO3/c1-16-8(14)4-7(13)9-6(12)3-2-5(11)10(9)15/h2-3,7,15H,4,13H2,1H3/t7-/m1/s1. The van der Waals surface area contributed by atoms with Crippen LogP contribution < -0.4 is 5.73 Å². The first-order chi connectivity index (χ1) is 7.47. The Morgan fingerprint density at radius 2 is 2.31 bits per heavy atom. The molecule has 1 rings (SSSR count). The van der Waals surface area contributed by atoms with Gasteiger partial charge in [0.15, 0.2) is 0 Å². The number of carbonyl (C=O) groups excluding carboxylic acids is 1.